The summed E-state index contributed by atoms with van der Waals surface area (Å²) in [7, 11) is 1.29. The summed E-state index contributed by atoms with van der Waals surface area (Å²) in [4.78, 5) is 22.9. The summed E-state index contributed by atoms with van der Waals surface area (Å²) in [6.07, 6.45) is 4.73. The molecule has 10 heteroatoms. The van der Waals surface area contributed by atoms with Crippen molar-refractivity contribution in [1.29, 1.82) is 0 Å². The lowest BCUT2D eigenvalue weighted by Crippen LogP contribution is -2.24. The summed E-state index contributed by atoms with van der Waals surface area (Å²) >= 11 is 0. The van der Waals surface area contributed by atoms with Crippen LogP contribution in [0.4, 0.5) is 11.4 Å². The largest absolute Gasteiger partial charge is 0.475 e. The van der Waals surface area contributed by atoms with Gasteiger partial charge in [-0.2, -0.15) is 5.10 Å². The summed E-state index contributed by atoms with van der Waals surface area (Å²) in [5, 5.41) is 21.9. The predicted octanol–water partition coefficient (Wildman–Crippen LogP) is 2.24. The van der Waals surface area contributed by atoms with Gasteiger partial charge < -0.3 is 10.1 Å². The molecule has 0 bridgehead atoms. The van der Waals surface area contributed by atoms with Crippen LogP contribution in [-0.2, 0) is 11.3 Å². The molecule has 0 aliphatic heterocycles. The van der Waals surface area contributed by atoms with Gasteiger partial charge in [-0.15, -0.1) is 5.10 Å². The molecular formula is C17H18N6O4. The zero-order valence-corrected chi connectivity index (χ0v) is 14.8. The third-order valence-corrected chi connectivity index (χ3v) is 3.94. The molecule has 10 nitrogen and oxygen atoms in total. The monoisotopic (exact) mass is 370 g/mol. The maximum atomic E-state index is 12.5. The number of nitro groups is 1. The van der Waals surface area contributed by atoms with E-state index in [4.69, 9.17) is 4.74 Å². The van der Waals surface area contributed by atoms with E-state index in [1.165, 1.54) is 18.0 Å². The Morgan fingerprint density at radius 1 is 1.41 bits per heavy atom. The van der Waals surface area contributed by atoms with Crippen LogP contribution in [0.3, 0.4) is 0 Å². The molecule has 0 fully saturated rings. The van der Waals surface area contributed by atoms with Crippen molar-refractivity contribution in [1.82, 2.24) is 19.6 Å². The second-order valence-electron chi connectivity index (χ2n) is 5.83. The number of anilines is 1. The molecule has 0 saturated heterocycles. The average molecular weight is 370 g/mol. The van der Waals surface area contributed by atoms with Gasteiger partial charge in [0.1, 0.15) is 12.2 Å². The molecular weight excluding hydrogens is 352 g/mol. The number of ether oxygens (including phenoxy) is 1. The van der Waals surface area contributed by atoms with E-state index in [1.807, 2.05) is 30.5 Å². The highest BCUT2D eigenvalue weighted by molar-refractivity contribution is 5.93. The fourth-order valence-electron chi connectivity index (χ4n) is 2.53. The molecule has 1 atom stereocenters. The number of hydrogen-bond acceptors (Lipinski definition) is 6. The van der Waals surface area contributed by atoms with E-state index in [0.717, 1.165) is 5.56 Å². The lowest BCUT2D eigenvalue weighted by Gasteiger charge is -2.13. The zero-order chi connectivity index (χ0) is 19.4. The second kappa shape index (κ2) is 7.68. The molecule has 140 valence electrons. The molecule has 0 aliphatic carbocycles. The van der Waals surface area contributed by atoms with Crippen LogP contribution in [0.2, 0.25) is 0 Å². The fraction of sp³-hybridized carbons (Fsp3) is 0.235. The quantitative estimate of drug-likeness (QED) is 0.503. The van der Waals surface area contributed by atoms with Crippen molar-refractivity contribution in [2.24, 2.45) is 0 Å². The van der Waals surface area contributed by atoms with E-state index in [2.05, 4.69) is 15.5 Å². The molecule has 3 aromatic rings. The lowest BCUT2D eigenvalue weighted by atomic mass is 10.2. The number of aromatic nitrogens is 4. The van der Waals surface area contributed by atoms with Gasteiger partial charge in [0, 0.05) is 18.1 Å². The van der Waals surface area contributed by atoms with E-state index in [9.17, 15) is 14.9 Å². The number of methoxy groups -OCH3 is 1. The fourth-order valence-corrected chi connectivity index (χ4v) is 2.53. The highest BCUT2D eigenvalue weighted by Crippen LogP contribution is 2.26. The number of carbonyl (C=O) groups excluding carboxylic acids is 1. The van der Waals surface area contributed by atoms with Gasteiger partial charge in [-0.1, -0.05) is 12.1 Å². The van der Waals surface area contributed by atoms with E-state index in [-0.39, 0.29) is 17.5 Å². The summed E-state index contributed by atoms with van der Waals surface area (Å²) in [6, 6.07) is 8.46. The first kappa shape index (κ1) is 18.1. The normalized spacial score (nSPS) is 11.8. The van der Waals surface area contributed by atoms with Crippen molar-refractivity contribution in [3.8, 4) is 5.88 Å². The highest BCUT2D eigenvalue weighted by atomic mass is 16.6. The maximum absolute atomic E-state index is 12.5. The zero-order valence-electron chi connectivity index (χ0n) is 14.8. The van der Waals surface area contributed by atoms with Gasteiger partial charge in [-0.05, 0) is 30.7 Å². The number of hydrogen-bond donors (Lipinski definition) is 1. The first-order valence-electron chi connectivity index (χ1n) is 8.12. The predicted molar refractivity (Wildman–Crippen MR) is 96.5 cm³/mol. The van der Waals surface area contributed by atoms with E-state index in [0.29, 0.717) is 12.2 Å². The van der Waals surface area contributed by atoms with Crippen molar-refractivity contribution in [2.75, 3.05) is 12.4 Å². The third-order valence-electron chi connectivity index (χ3n) is 3.94. The number of nitrogens with zero attached hydrogens (tertiary/aromatic N) is 5. The Labute approximate surface area is 154 Å². The van der Waals surface area contributed by atoms with Gasteiger partial charge in [-0.3, -0.25) is 19.6 Å². The summed E-state index contributed by atoms with van der Waals surface area (Å²) in [5.74, 6) is -0.493. The molecule has 1 N–H and O–H groups in total. The van der Waals surface area contributed by atoms with Gasteiger partial charge in [0.25, 0.3) is 0 Å². The summed E-state index contributed by atoms with van der Waals surface area (Å²) < 4.78 is 7.87. The minimum atomic E-state index is -0.762. The molecule has 0 radical (unpaired) electrons. The highest BCUT2D eigenvalue weighted by Gasteiger charge is 2.25. The molecule has 2 aromatic heterocycles. The van der Waals surface area contributed by atoms with Gasteiger partial charge in [0.2, 0.25) is 5.91 Å². The molecule has 0 saturated carbocycles. The summed E-state index contributed by atoms with van der Waals surface area (Å²) in [5.41, 5.74) is 1.30. The second-order valence-corrected chi connectivity index (χ2v) is 5.83. The van der Waals surface area contributed by atoms with Crippen molar-refractivity contribution in [3.05, 3.63) is 64.6 Å². The number of amides is 1. The van der Waals surface area contributed by atoms with Gasteiger partial charge in [0.05, 0.1) is 18.6 Å². The number of carbonyl (C=O) groups is 1. The molecule has 1 amide bonds. The van der Waals surface area contributed by atoms with Crippen LogP contribution in [0.15, 0.2) is 48.9 Å². The lowest BCUT2D eigenvalue weighted by molar-refractivity contribution is -0.385. The van der Waals surface area contributed by atoms with Crippen LogP contribution in [0, 0.1) is 10.1 Å². The Morgan fingerprint density at radius 2 is 2.22 bits per heavy atom. The molecule has 1 unspecified atom stereocenters. The minimum Gasteiger partial charge on any atom is -0.475 e. The average Bonchev–Trinajstić information content (AvgIpc) is 3.30. The van der Waals surface area contributed by atoms with Crippen molar-refractivity contribution >= 4 is 17.3 Å². The van der Waals surface area contributed by atoms with E-state index in [1.54, 1.807) is 23.9 Å². The summed E-state index contributed by atoms with van der Waals surface area (Å²) in [6.45, 7) is 2.17. The van der Waals surface area contributed by atoms with Gasteiger partial charge in [-0.25, -0.2) is 4.68 Å². The van der Waals surface area contributed by atoms with Crippen LogP contribution in [0.5, 0.6) is 5.88 Å². The van der Waals surface area contributed by atoms with Crippen molar-refractivity contribution in [2.45, 2.75) is 19.5 Å². The van der Waals surface area contributed by atoms with Crippen molar-refractivity contribution in [3.63, 3.8) is 0 Å². The molecule has 0 aliphatic rings. The Hall–Kier alpha value is -3.69. The molecule has 2 heterocycles. The Bertz CT molecular complexity index is 950. The number of nitrogens with one attached hydrogen (secondary N) is 1. The topological polar surface area (TPSA) is 117 Å². The van der Waals surface area contributed by atoms with Crippen LogP contribution >= 0.6 is 0 Å². The molecule has 27 heavy (non-hydrogen) atoms. The van der Waals surface area contributed by atoms with Crippen LogP contribution in [0.25, 0.3) is 0 Å². The van der Waals surface area contributed by atoms with E-state index >= 15 is 0 Å². The smallest absolute Gasteiger partial charge is 0.350 e. The van der Waals surface area contributed by atoms with Gasteiger partial charge >= 0.3 is 11.6 Å². The van der Waals surface area contributed by atoms with Crippen LogP contribution in [0.1, 0.15) is 18.5 Å². The molecule has 0 spiro atoms. The number of benzene rings is 1. The van der Waals surface area contributed by atoms with Crippen LogP contribution < -0.4 is 10.1 Å². The first-order valence-corrected chi connectivity index (χ1v) is 8.12. The maximum Gasteiger partial charge on any atom is 0.350 e. The molecule has 3 rings (SSSR count). The van der Waals surface area contributed by atoms with Gasteiger partial charge in [0.15, 0.2) is 0 Å². The Balaban J connectivity index is 1.72. The molecule has 1 aromatic carbocycles. The first-order chi connectivity index (χ1) is 13.0. The third kappa shape index (κ3) is 4.11. The van der Waals surface area contributed by atoms with Crippen LogP contribution in [-0.4, -0.2) is 37.5 Å². The standard InChI is InChI=1S/C17H18N6O4/c1-12(22-11-15(23(25)26)17(20-22)27-2)16(24)19-14-6-3-5-13(9-14)10-21-8-4-7-18-21/h3-9,11-12H,10H2,1-2H3,(H,19,24). The minimum absolute atomic E-state index is 0.138. The Morgan fingerprint density at radius 3 is 2.85 bits per heavy atom. The van der Waals surface area contributed by atoms with E-state index < -0.39 is 11.0 Å². The van der Waals surface area contributed by atoms with Crippen molar-refractivity contribution < 1.29 is 14.5 Å². The Kier molecular flexibility index (Phi) is 5.15. The SMILES string of the molecule is COc1nn(C(C)C(=O)Nc2cccc(Cn3cccn3)c2)cc1[N+](=O)[O-]. The number of rotatable bonds is 7.